The van der Waals surface area contributed by atoms with Gasteiger partial charge in [-0.3, -0.25) is 4.79 Å². The van der Waals surface area contributed by atoms with Crippen LogP contribution < -0.4 is 5.32 Å². The molecule has 3 N–H and O–H groups in total. The molecule has 6 nitrogen and oxygen atoms in total. The number of fused-ring (bicyclic) bond motifs is 2. The lowest BCUT2D eigenvalue weighted by atomic mass is 9.94. The molecule has 1 aliphatic carbocycles. The molecular weight excluding hydrogens is 344 g/mol. The Morgan fingerprint density at radius 1 is 1.26 bits per heavy atom. The molecule has 0 unspecified atom stereocenters. The standard InChI is InChI=1S/C21H22N2O4/c1-12-19(15-7-3-5-9-18(15)27-12)20(24)23-17(21(25)26)10-13-11-22-16-8-4-2-6-14(13)16/h2,4,6,8,11,17,22H,3,5,7,9-10H2,1H3,(H,23,24)(H,25,26)/t17-/m1/s1. The number of aryl methyl sites for hydroxylation is 2. The molecule has 1 atom stereocenters. The second-order valence-electron chi connectivity index (χ2n) is 7.07. The number of rotatable bonds is 5. The predicted molar refractivity (Wildman–Crippen MR) is 101 cm³/mol. The minimum absolute atomic E-state index is 0.212. The Hall–Kier alpha value is -3.02. The first-order valence-electron chi connectivity index (χ1n) is 9.24. The lowest BCUT2D eigenvalue weighted by Gasteiger charge is -2.16. The van der Waals surface area contributed by atoms with E-state index in [-0.39, 0.29) is 12.3 Å². The largest absolute Gasteiger partial charge is 0.480 e. The third kappa shape index (κ3) is 3.23. The van der Waals surface area contributed by atoms with Crippen LogP contribution in [-0.4, -0.2) is 28.0 Å². The van der Waals surface area contributed by atoms with E-state index in [0.29, 0.717) is 11.3 Å². The number of amides is 1. The molecule has 0 saturated heterocycles. The van der Waals surface area contributed by atoms with Gasteiger partial charge in [-0.25, -0.2) is 4.79 Å². The van der Waals surface area contributed by atoms with E-state index in [1.54, 1.807) is 13.1 Å². The summed E-state index contributed by atoms with van der Waals surface area (Å²) in [4.78, 5) is 27.8. The van der Waals surface area contributed by atoms with Crippen LogP contribution in [0.15, 0.2) is 34.9 Å². The number of carbonyl (C=O) groups excluding carboxylic acids is 1. The van der Waals surface area contributed by atoms with Crippen LogP contribution >= 0.6 is 0 Å². The van der Waals surface area contributed by atoms with E-state index in [1.165, 1.54) is 0 Å². The smallest absolute Gasteiger partial charge is 0.326 e. The second-order valence-corrected chi connectivity index (χ2v) is 7.07. The lowest BCUT2D eigenvalue weighted by molar-refractivity contribution is -0.139. The molecule has 0 bridgehead atoms. The number of hydrogen-bond donors (Lipinski definition) is 3. The number of para-hydroxylation sites is 1. The highest BCUT2D eigenvalue weighted by Gasteiger charge is 2.28. The Bertz CT molecular complexity index is 1010. The average Bonchev–Trinajstić information content (AvgIpc) is 3.21. The van der Waals surface area contributed by atoms with Crippen LogP contribution in [0.1, 0.15) is 45.8 Å². The number of carboxylic acids is 1. The quantitative estimate of drug-likeness (QED) is 0.645. The zero-order valence-electron chi connectivity index (χ0n) is 15.2. The highest BCUT2D eigenvalue weighted by molar-refractivity contribution is 5.99. The van der Waals surface area contributed by atoms with Crippen molar-refractivity contribution in [1.82, 2.24) is 10.3 Å². The Morgan fingerprint density at radius 2 is 2.04 bits per heavy atom. The summed E-state index contributed by atoms with van der Waals surface area (Å²) < 4.78 is 5.75. The zero-order valence-corrected chi connectivity index (χ0v) is 15.2. The van der Waals surface area contributed by atoms with Crippen molar-refractivity contribution in [2.45, 2.75) is 45.1 Å². The van der Waals surface area contributed by atoms with E-state index >= 15 is 0 Å². The molecule has 2 heterocycles. The number of H-pyrrole nitrogens is 1. The molecule has 0 radical (unpaired) electrons. The maximum Gasteiger partial charge on any atom is 0.326 e. The molecular formula is C21H22N2O4. The van der Waals surface area contributed by atoms with Gasteiger partial charge in [0.15, 0.2) is 0 Å². The number of aromatic nitrogens is 1. The van der Waals surface area contributed by atoms with Crippen molar-refractivity contribution in [1.29, 1.82) is 0 Å². The van der Waals surface area contributed by atoms with Gasteiger partial charge in [-0.15, -0.1) is 0 Å². The van der Waals surface area contributed by atoms with Crippen LogP contribution in [0.5, 0.6) is 0 Å². The van der Waals surface area contributed by atoms with E-state index in [9.17, 15) is 14.7 Å². The van der Waals surface area contributed by atoms with Crippen molar-refractivity contribution in [3.63, 3.8) is 0 Å². The molecule has 1 aromatic carbocycles. The van der Waals surface area contributed by atoms with Gasteiger partial charge in [-0.1, -0.05) is 18.2 Å². The summed E-state index contributed by atoms with van der Waals surface area (Å²) in [5.41, 5.74) is 3.26. The number of hydrogen-bond acceptors (Lipinski definition) is 3. The minimum Gasteiger partial charge on any atom is -0.480 e. The molecule has 3 aromatic rings. The number of benzene rings is 1. The molecule has 1 aliphatic rings. The Kier molecular flexibility index (Phi) is 4.48. The van der Waals surface area contributed by atoms with Gasteiger partial charge in [0.2, 0.25) is 0 Å². The van der Waals surface area contributed by atoms with Crippen molar-refractivity contribution in [3.8, 4) is 0 Å². The molecule has 1 amide bonds. The maximum absolute atomic E-state index is 12.9. The van der Waals surface area contributed by atoms with Crippen molar-refractivity contribution < 1.29 is 19.1 Å². The molecule has 27 heavy (non-hydrogen) atoms. The number of aliphatic carboxylic acids is 1. The first-order valence-corrected chi connectivity index (χ1v) is 9.24. The van der Waals surface area contributed by atoms with Crippen molar-refractivity contribution in [2.75, 3.05) is 0 Å². The van der Waals surface area contributed by atoms with Crippen LogP contribution in [0, 0.1) is 6.92 Å². The van der Waals surface area contributed by atoms with Crippen LogP contribution in [0.3, 0.4) is 0 Å². The normalized spacial score (nSPS) is 14.7. The van der Waals surface area contributed by atoms with E-state index in [4.69, 9.17) is 4.42 Å². The monoisotopic (exact) mass is 366 g/mol. The van der Waals surface area contributed by atoms with Crippen molar-refractivity contribution in [2.24, 2.45) is 0 Å². The third-order valence-corrected chi connectivity index (χ3v) is 5.28. The van der Waals surface area contributed by atoms with Gasteiger partial charge >= 0.3 is 5.97 Å². The zero-order chi connectivity index (χ0) is 19.0. The summed E-state index contributed by atoms with van der Waals surface area (Å²) in [6.45, 7) is 1.77. The lowest BCUT2D eigenvalue weighted by Crippen LogP contribution is -2.42. The van der Waals surface area contributed by atoms with Gasteiger partial charge < -0.3 is 19.8 Å². The van der Waals surface area contributed by atoms with Gasteiger partial charge in [0.1, 0.15) is 17.6 Å². The van der Waals surface area contributed by atoms with Crippen LogP contribution in [-0.2, 0) is 24.1 Å². The van der Waals surface area contributed by atoms with Crippen molar-refractivity contribution >= 4 is 22.8 Å². The van der Waals surface area contributed by atoms with Gasteiger partial charge in [0, 0.05) is 35.5 Å². The molecule has 0 spiro atoms. The summed E-state index contributed by atoms with van der Waals surface area (Å²) in [6, 6.07) is 6.71. The van der Waals surface area contributed by atoms with Gasteiger partial charge in [-0.2, -0.15) is 0 Å². The Morgan fingerprint density at radius 3 is 2.85 bits per heavy atom. The average molecular weight is 366 g/mol. The summed E-state index contributed by atoms with van der Waals surface area (Å²) in [6.07, 6.45) is 5.72. The van der Waals surface area contributed by atoms with Crippen LogP contribution in [0.2, 0.25) is 0 Å². The summed E-state index contributed by atoms with van der Waals surface area (Å²) in [7, 11) is 0. The van der Waals surface area contributed by atoms with E-state index < -0.39 is 12.0 Å². The first-order chi connectivity index (χ1) is 13.0. The third-order valence-electron chi connectivity index (χ3n) is 5.28. The van der Waals surface area contributed by atoms with E-state index in [0.717, 1.165) is 53.5 Å². The Labute approximate surface area is 156 Å². The molecule has 2 aromatic heterocycles. The first kappa shape index (κ1) is 17.4. The highest BCUT2D eigenvalue weighted by Crippen LogP contribution is 2.29. The molecule has 4 rings (SSSR count). The Balaban J connectivity index is 1.58. The fraction of sp³-hybridized carbons (Fsp3) is 0.333. The number of carboxylic acid groups (broad SMARTS) is 1. The van der Waals surface area contributed by atoms with Gasteiger partial charge in [0.25, 0.3) is 5.91 Å². The predicted octanol–water partition coefficient (Wildman–Crippen LogP) is 3.37. The van der Waals surface area contributed by atoms with Crippen molar-refractivity contribution in [3.05, 3.63) is 58.7 Å². The highest BCUT2D eigenvalue weighted by atomic mass is 16.4. The number of nitrogens with one attached hydrogen (secondary N) is 2. The summed E-state index contributed by atoms with van der Waals surface area (Å²) in [5, 5.41) is 13.3. The van der Waals surface area contributed by atoms with E-state index in [1.807, 2.05) is 24.3 Å². The number of aromatic amines is 1. The molecule has 0 aliphatic heterocycles. The fourth-order valence-electron chi connectivity index (χ4n) is 3.95. The maximum atomic E-state index is 12.9. The topological polar surface area (TPSA) is 95.3 Å². The molecule has 0 fully saturated rings. The summed E-state index contributed by atoms with van der Waals surface area (Å²) in [5.74, 6) is 0.0123. The molecule has 140 valence electrons. The van der Waals surface area contributed by atoms with Gasteiger partial charge in [0.05, 0.1) is 5.56 Å². The molecule has 6 heteroatoms. The summed E-state index contributed by atoms with van der Waals surface area (Å²) >= 11 is 0. The van der Waals surface area contributed by atoms with Gasteiger partial charge in [-0.05, 0) is 37.8 Å². The molecule has 0 saturated carbocycles. The number of carbonyl (C=O) groups is 2. The number of furan rings is 1. The van der Waals surface area contributed by atoms with Crippen LogP contribution in [0.25, 0.3) is 10.9 Å². The minimum atomic E-state index is -1.05. The van der Waals surface area contributed by atoms with E-state index in [2.05, 4.69) is 10.3 Å². The fourth-order valence-corrected chi connectivity index (χ4v) is 3.95. The van der Waals surface area contributed by atoms with Crippen LogP contribution in [0.4, 0.5) is 0 Å². The SMILES string of the molecule is Cc1oc2c(c1C(=O)N[C@H](Cc1c[nH]c3ccccc13)C(=O)O)CCCC2. The second kappa shape index (κ2) is 6.95.